The minimum absolute atomic E-state index is 0.0621. The van der Waals surface area contributed by atoms with Crippen molar-refractivity contribution in [3.63, 3.8) is 0 Å². The van der Waals surface area contributed by atoms with E-state index >= 15 is 0 Å². The fraction of sp³-hybridized carbons (Fsp3) is 0.438. The standard InChI is InChI=1S/C16H18BrNO3/c1-19-8-9-20-16-12(17)10-15(16)21-14-6-2-5-13-11(14)4-3-7-18-13/h2-7,12,15-16H,8-10H2,1H3. The number of aromatic nitrogens is 1. The van der Waals surface area contributed by atoms with E-state index in [0.717, 1.165) is 23.1 Å². The van der Waals surface area contributed by atoms with Crippen LogP contribution in [0.4, 0.5) is 0 Å². The van der Waals surface area contributed by atoms with Gasteiger partial charge in [0.25, 0.3) is 0 Å². The molecular formula is C16H18BrNO3. The number of fused-ring (bicyclic) bond motifs is 1. The zero-order chi connectivity index (χ0) is 14.7. The van der Waals surface area contributed by atoms with E-state index in [1.807, 2.05) is 30.3 Å². The molecule has 1 aliphatic rings. The van der Waals surface area contributed by atoms with E-state index in [1.165, 1.54) is 0 Å². The van der Waals surface area contributed by atoms with Crippen molar-refractivity contribution >= 4 is 26.8 Å². The number of halogens is 1. The maximum absolute atomic E-state index is 6.14. The van der Waals surface area contributed by atoms with Crippen molar-refractivity contribution in [2.24, 2.45) is 0 Å². The summed E-state index contributed by atoms with van der Waals surface area (Å²) in [6, 6.07) is 9.90. The first-order chi connectivity index (χ1) is 10.3. The van der Waals surface area contributed by atoms with Gasteiger partial charge in [-0.05, 0) is 24.3 Å². The third kappa shape index (κ3) is 3.20. The second-order valence-corrected chi connectivity index (χ2v) is 6.24. The molecule has 1 heterocycles. The molecule has 1 saturated carbocycles. The lowest BCUT2D eigenvalue weighted by Gasteiger charge is -2.41. The summed E-state index contributed by atoms with van der Waals surface area (Å²) in [6.45, 7) is 1.18. The molecule has 3 atom stereocenters. The molecule has 0 saturated heterocycles. The number of ether oxygens (including phenoxy) is 3. The molecular weight excluding hydrogens is 334 g/mol. The Morgan fingerprint density at radius 3 is 2.95 bits per heavy atom. The summed E-state index contributed by atoms with van der Waals surface area (Å²) in [6.07, 6.45) is 2.86. The topological polar surface area (TPSA) is 40.6 Å². The smallest absolute Gasteiger partial charge is 0.129 e. The van der Waals surface area contributed by atoms with E-state index in [2.05, 4.69) is 20.9 Å². The molecule has 1 aromatic carbocycles. The fourth-order valence-electron chi connectivity index (χ4n) is 2.46. The number of benzene rings is 1. The van der Waals surface area contributed by atoms with Crippen LogP contribution in [0.2, 0.25) is 0 Å². The number of pyridine rings is 1. The van der Waals surface area contributed by atoms with Gasteiger partial charge in [-0.2, -0.15) is 0 Å². The molecule has 3 unspecified atom stereocenters. The Kier molecular flexibility index (Phi) is 4.73. The zero-order valence-corrected chi connectivity index (χ0v) is 13.5. The van der Waals surface area contributed by atoms with Crippen LogP contribution in [0.25, 0.3) is 10.9 Å². The molecule has 3 rings (SSSR count). The van der Waals surface area contributed by atoms with Crippen molar-refractivity contribution < 1.29 is 14.2 Å². The van der Waals surface area contributed by atoms with E-state index in [9.17, 15) is 0 Å². The average molecular weight is 352 g/mol. The van der Waals surface area contributed by atoms with E-state index in [1.54, 1.807) is 13.3 Å². The minimum Gasteiger partial charge on any atom is -0.487 e. The first-order valence-corrected chi connectivity index (χ1v) is 7.96. The number of hydrogen-bond donors (Lipinski definition) is 0. The van der Waals surface area contributed by atoms with Gasteiger partial charge in [0.15, 0.2) is 0 Å². The van der Waals surface area contributed by atoms with Crippen LogP contribution in [-0.4, -0.2) is 42.3 Å². The van der Waals surface area contributed by atoms with Crippen LogP contribution in [0.15, 0.2) is 36.5 Å². The number of hydrogen-bond acceptors (Lipinski definition) is 4. The third-order valence-electron chi connectivity index (χ3n) is 3.66. The molecule has 2 aromatic rings. The summed E-state index contributed by atoms with van der Waals surface area (Å²) < 4.78 is 17.0. The van der Waals surface area contributed by atoms with Gasteiger partial charge in [-0.3, -0.25) is 4.98 Å². The first kappa shape index (κ1) is 14.8. The number of alkyl halides is 1. The predicted molar refractivity (Wildman–Crippen MR) is 85.1 cm³/mol. The largest absolute Gasteiger partial charge is 0.487 e. The molecule has 5 heteroatoms. The maximum Gasteiger partial charge on any atom is 0.129 e. The summed E-state index contributed by atoms with van der Waals surface area (Å²) in [4.78, 5) is 4.69. The van der Waals surface area contributed by atoms with E-state index in [-0.39, 0.29) is 12.2 Å². The van der Waals surface area contributed by atoms with Gasteiger partial charge < -0.3 is 14.2 Å². The molecule has 0 radical (unpaired) electrons. The SMILES string of the molecule is COCCOC1C(Br)CC1Oc1cccc2ncccc12. The molecule has 1 aliphatic carbocycles. The lowest BCUT2D eigenvalue weighted by Crippen LogP contribution is -2.52. The van der Waals surface area contributed by atoms with Crippen molar-refractivity contribution in [1.82, 2.24) is 4.98 Å². The van der Waals surface area contributed by atoms with Gasteiger partial charge in [0.2, 0.25) is 0 Å². The Morgan fingerprint density at radius 1 is 1.24 bits per heavy atom. The lowest BCUT2D eigenvalue weighted by atomic mass is 9.91. The fourth-order valence-corrected chi connectivity index (χ4v) is 3.32. The molecule has 1 aromatic heterocycles. The van der Waals surface area contributed by atoms with Crippen LogP contribution in [0, 0.1) is 0 Å². The zero-order valence-electron chi connectivity index (χ0n) is 11.9. The van der Waals surface area contributed by atoms with Crippen LogP contribution >= 0.6 is 15.9 Å². The van der Waals surface area contributed by atoms with Gasteiger partial charge in [0.05, 0.1) is 18.7 Å². The molecule has 0 bridgehead atoms. The summed E-state index contributed by atoms with van der Waals surface area (Å²) in [5.74, 6) is 0.866. The average Bonchev–Trinajstić information content (AvgIpc) is 2.51. The normalized spacial score (nSPS) is 24.8. The number of methoxy groups -OCH3 is 1. The quantitative estimate of drug-likeness (QED) is 0.592. The predicted octanol–water partition coefficient (Wildman–Crippen LogP) is 3.18. The Morgan fingerprint density at radius 2 is 2.14 bits per heavy atom. The molecule has 1 fully saturated rings. The summed E-state index contributed by atoms with van der Waals surface area (Å²) in [5.41, 5.74) is 0.946. The van der Waals surface area contributed by atoms with Gasteiger partial charge in [0.1, 0.15) is 18.0 Å². The number of nitrogens with zero attached hydrogens (tertiary/aromatic N) is 1. The summed E-state index contributed by atoms with van der Waals surface area (Å²) in [5, 5.41) is 1.04. The maximum atomic E-state index is 6.14. The van der Waals surface area contributed by atoms with Crippen molar-refractivity contribution in [2.75, 3.05) is 20.3 Å². The molecule has 0 amide bonds. The first-order valence-electron chi connectivity index (χ1n) is 7.04. The molecule has 0 aliphatic heterocycles. The Balaban J connectivity index is 1.70. The highest BCUT2D eigenvalue weighted by Crippen LogP contribution is 2.36. The molecule has 4 nitrogen and oxygen atoms in total. The van der Waals surface area contributed by atoms with Crippen LogP contribution in [-0.2, 0) is 9.47 Å². The number of rotatable bonds is 6. The monoisotopic (exact) mass is 351 g/mol. The van der Waals surface area contributed by atoms with Crippen molar-refractivity contribution in [2.45, 2.75) is 23.5 Å². The molecule has 0 N–H and O–H groups in total. The van der Waals surface area contributed by atoms with E-state index in [0.29, 0.717) is 18.0 Å². The highest BCUT2D eigenvalue weighted by Gasteiger charge is 2.42. The summed E-state index contributed by atoms with van der Waals surface area (Å²) >= 11 is 3.62. The second-order valence-electron chi connectivity index (χ2n) is 5.06. The van der Waals surface area contributed by atoms with Crippen LogP contribution in [0.5, 0.6) is 5.75 Å². The van der Waals surface area contributed by atoms with Gasteiger partial charge in [-0.15, -0.1) is 0 Å². The second kappa shape index (κ2) is 6.73. The summed E-state index contributed by atoms with van der Waals surface area (Å²) in [7, 11) is 1.67. The third-order valence-corrected chi connectivity index (χ3v) is 4.56. The lowest BCUT2D eigenvalue weighted by molar-refractivity contribution is -0.0861. The van der Waals surface area contributed by atoms with Gasteiger partial charge in [-0.25, -0.2) is 0 Å². The van der Waals surface area contributed by atoms with Gasteiger partial charge in [0, 0.05) is 29.9 Å². The Bertz CT molecular complexity index is 602. The van der Waals surface area contributed by atoms with Crippen LogP contribution in [0.3, 0.4) is 0 Å². The molecule has 21 heavy (non-hydrogen) atoms. The van der Waals surface area contributed by atoms with Gasteiger partial charge >= 0.3 is 0 Å². The highest BCUT2D eigenvalue weighted by molar-refractivity contribution is 9.09. The molecule has 0 spiro atoms. The van der Waals surface area contributed by atoms with Gasteiger partial charge in [-0.1, -0.05) is 22.0 Å². The highest BCUT2D eigenvalue weighted by atomic mass is 79.9. The van der Waals surface area contributed by atoms with E-state index in [4.69, 9.17) is 14.2 Å². The minimum atomic E-state index is 0.0621. The van der Waals surface area contributed by atoms with Crippen molar-refractivity contribution in [1.29, 1.82) is 0 Å². The van der Waals surface area contributed by atoms with Crippen molar-refractivity contribution in [3.05, 3.63) is 36.5 Å². The van der Waals surface area contributed by atoms with E-state index < -0.39 is 0 Å². The van der Waals surface area contributed by atoms with Crippen molar-refractivity contribution in [3.8, 4) is 5.75 Å². The Labute approximate surface area is 132 Å². The van der Waals surface area contributed by atoms with Crippen LogP contribution < -0.4 is 4.74 Å². The Hall–Kier alpha value is -1.17. The molecule has 112 valence electrons. The van der Waals surface area contributed by atoms with Crippen LogP contribution in [0.1, 0.15) is 6.42 Å².